The number of likely N-dealkylation sites (tertiary alicyclic amines) is 1. The maximum atomic E-state index is 12.2. The number of alkyl halides is 1. The van der Waals surface area contributed by atoms with Gasteiger partial charge in [-0.25, -0.2) is 0 Å². The Morgan fingerprint density at radius 3 is 2.94 bits per heavy atom. The monoisotopic (exact) mass is 241 g/mol. The molecule has 1 amide bonds. The fourth-order valence-corrected chi connectivity index (χ4v) is 2.31. The van der Waals surface area contributed by atoms with Gasteiger partial charge in [0, 0.05) is 25.8 Å². The van der Waals surface area contributed by atoms with Crippen LogP contribution in [0.1, 0.15) is 28.9 Å². The second kappa shape index (κ2) is 4.45. The van der Waals surface area contributed by atoms with Crippen molar-refractivity contribution in [1.82, 2.24) is 14.7 Å². The van der Waals surface area contributed by atoms with Crippen LogP contribution in [-0.4, -0.2) is 39.1 Å². The van der Waals surface area contributed by atoms with Gasteiger partial charge >= 0.3 is 0 Å². The van der Waals surface area contributed by atoms with E-state index in [2.05, 4.69) is 5.10 Å². The number of aryl methyl sites for hydroxylation is 1. The van der Waals surface area contributed by atoms with Crippen molar-refractivity contribution < 1.29 is 4.79 Å². The molecule has 0 saturated carbocycles. The number of aromatic nitrogens is 2. The standard InChI is InChI=1S/C11H16ClN3O/c1-8-10(6-13-14(8)2)11(16)15-5-3-4-9(12)7-15/h6,9H,3-5,7H2,1-2H3. The van der Waals surface area contributed by atoms with Crippen molar-refractivity contribution in [3.05, 3.63) is 17.5 Å². The lowest BCUT2D eigenvalue weighted by Gasteiger charge is -2.29. The minimum absolute atomic E-state index is 0.0518. The number of hydrogen-bond acceptors (Lipinski definition) is 2. The number of piperidine rings is 1. The lowest BCUT2D eigenvalue weighted by molar-refractivity contribution is 0.0726. The highest BCUT2D eigenvalue weighted by Gasteiger charge is 2.25. The molecular weight excluding hydrogens is 226 g/mol. The summed E-state index contributed by atoms with van der Waals surface area (Å²) in [7, 11) is 1.84. The van der Waals surface area contributed by atoms with Crippen LogP contribution < -0.4 is 0 Å². The van der Waals surface area contributed by atoms with Gasteiger partial charge in [-0.2, -0.15) is 5.10 Å². The molecule has 1 aliphatic heterocycles. The molecule has 1 aromatic rings. The Labute approximate surface area is 100 Å². The Bertz CT molecular complexity index is 402. The van der Waals surface area contributed by atoms with Crippen LogP contribution in [0.3, 0.4) is 0 Å². The van der Waals surface area contributed by atoms with Crippen LogP contribution in [0.25, 0.3) is 0 Å². The summed E-state index contributed by atoms with van der Waals surface area (Å²) in [6, 6.07) is 0. The largest absolute Gasteiger partial charge is 0.337 e. The molecule has 1 saturated heterocycles. The predicted octanol–water partition coefficient (Wildman–Crippen LogP) is 1.57. The van der Waals surface area contributed by atoms with Gasteiger partial charge in [0.1, 0.15) is 0 Å². The van der Waals surface area contributed by atoms with Crippen LogP contribution in [0.4, 0.5) is 0 Å². The van der Waals surface area contributed by atoms with Gasteiger partial charge in [0.15, 0.2) is 0 Å². The second-order valence-electron chi connectivity index (χ2n) is 4.26. The average Bonchev–Trinajstić information content (AvgIpc) is 2.59. The third-order valence-corrected chi connectivity index (χ3v) is 3.47. The van der Waals surface area contributed by atoms with Gasteiger partial charge in [-0.15, -0.1) is 11.6 Å². The van der Waals surface area contributed by atoms with E-state index in [0.29, 0.717) is 12.1 Å². The number of hydrogen-bond donors (Lipinski definition) is 0. The Morgan fingerprint density at radius 1 is 1.62 bits per heavy atom. The number of halogens is 1. The molecule has 16 heavy (non-hydrogen) atoms. The van der Waals surface area contributed by atoms with Crippen molar-refractivity contribution >= 4 is 17.5 Å². The van der Waals surface area contributed by atoms with Crippen molar-refractivity contribution in [2.75, 3.05) is 13.1 Å². The van der Waals surface area contributed by atoms with E-state index >= 15 is 0 Å². The molecule has 0 aliphatic carbocycles. The highest BCUT2D eigenvalue weighted by atomic mass is 35.5. The fraction of sp³-hybridized carbons (Fsp3) is 0.636. The zero-order chi connectivity index (χ0) is 11.7. The molecule has 0 aromatic carbocycles. The first-order valence-corrected chi connectivity index (χ1v) is 5.95. The maximum Gasteiger partial charge on any atom is 0.257 e. The molecule has 0 spiro atoms. The van der Waals surface area contributed by atoms with Gasteiger partial charge in [0.2, 0.25) is 0 Å². The number of rotatable bonds is 1. The van der Waals surface area contributed by atoms with E-state index < -0.39 is 0 Å². The quantitative estimate of drug-likeness (QED) is 0.700. The summed E-state index contributed by atoms with van der Waals surface area (Å²) in [5, 5.41) is 4.18. The van der Waals surface area contributed by atoms with Crippen molar-refractivity contribution in [2.24, 2.45) is 7.05 Å². The van der Waals surface area contributed by atoms with Crippen LogP contribution >= 0.6 is 11.6 Å². The topological polar surface area (TPSA) is 38.1 Å². The Balaban J connectivity index is 2.15. The summed E-state index contributed by atoms with van der Waals surface area (Å²) in [5.41, 5.74) is 1.59. The maximum absolute atomic E-state index is 12.2. The minimum Gasteiger partial charge on any atom is -0.337 e. The predicted molar refractivity (Wildman–Crippen MR) is 62.7 cm³/mol. The lowest BCUT2D eigenvalue weighted by atomic mass is 10.1. The van der Waals surface area contributed by atoms with E-state index in [0.717, 1.165) is 25.1 Å². The molecular formula is C11H16ClN3O. The van der Waals surface area contributed by atoms with E-state index in [4.69, 9.17) is 11.6 Å². The Hall–Kier alpha value is -1.03. The zero-order valence-corrected chi connectivity index (χ0v) is 10.4. The summed E-state index contributed by atoms with van der Waals surface area (Å²) >= 11 is 6.07. The molecule has 0 radical (unpaired) electrons. The third kappa shape index (κ3) is 2.07. The van der Waals surface area contributed by atoms with Gasteiger partial charge in [-0.3, -0.25) is 9.48 Å². The molecule has 0 bridgehead atoms. The number of carbonyl (C=O) groups is 1. The summed E-state index contributed by atoms with van der Waals surface area (Å²) < 4.78 is 1.72. The van der Waals surface area contributed by atoms with Gasteiger partial charge in [0.25, 0.3) is 5.91 Å². The van der Waals surface area contributed by atoms with Gasteiger partial charge < -0.3 is 4.90 Å². The van der Waals surface area contributed by atoms with E-state index in [9.17, 15) is 4.79 Å². The molecule has 1 atom stereocenters. The van der Waals surface area contributed by atoms with Crippen molar-refractivity contribution in [1.29, 1.82) is 0 Å². The van der Waals surface area contributed by atoms with Crippen molar-refractivity contribution in [2.45, 2.75) is 25.1 Å². The van der Waals surface area contributed by atoms with Crippen LogP contribution in [0.5, 0.6) is 0 Å². The zero-order valence-electron chi connectivity index (χ0n) is 9.61. The number of carbonyl (C=O) groups excluding carboxylic acids is 1. The van der Waals surface area contributed by atoms with Gasteiger partial charge in [0.05, 0.1) is 17.1 Å². The fourth-order valence-electron chi connectivity index (χ4n) is 1.99. The summed E-state index contributed by atoms with van der Waals surface area (Å²) in [6.45, 7) is 3.35. The van der Waals surface area contributed by atoms with E-state index in [1.807, 2.05) is 18.9 Å². The lowest BCUT2D eigenvalue weighted by Crippen LogP contribution is -2.40. The summed E-state index contributed by atoms with van der Waals surface area (Å²) in [4.78, 5) is 14.0. The molecule has 1 unspecified atom stereocenters. The first kappa shape index (κ1) is 11.5. The average molecular weight is 242 g/mol. The van der Waals surface area contributed by atoms with E-state index in [-0.39, 0.29) is 11.3 Å². The van der Waals surface area contributed by atoms with E-state index in [1.165, 1.54) is 0 Å². The van der Waals surface area contributed by atoms with Crippen LogP contribution in [0.2, 0.25) is 0 Å². The Kier molecular flexibility index (Phi) is 3.19. The van der Waals surface area contributed by atoms with Crippen LogP contribution in [0.15, 0.2) is 6.20 Å². The van der Waals surface area contributed by atoms with Crippen LogP contribution in [-0.2, 0) is 7.05 Å². The second-order valence-corrected chi connectivity index (χ2v) is 4.88. The molecule has 88 valence electrons. The first-order valence-electron chi connectivity index (χ1n) is 5.51. The minimum atomic E-state index is 0.0518. The summed E-state index contributed by atoms with van der Waals surface area (Å²) in [5.74, 6) is 0.0518. The SMILES string of the molecule is Cc1c(C(=O)N2CCCC(Cl)C2)cnn1C. The smallest absolute Gasteiger partial charge is 0.257 e. The van der Waals surface area contributed by atoms with Crippen molar-refractivity contribution in [3.63, 3.8) is 0 Å². The third-order valence-electron chi connectivity index (χ3n) is 3.12. The molecule has 0 N–H and O–H groups in total. The van der Waals surface area contributed by atoms with Gasteiger partial charge in [-0.05, 0) is 19.8 Å². The first-order chi connectivity index (χ1) is 7.59. The Morgan fingerprint density at radius 2 is 2.38 bits per heavy atom. The molecule has 5 heteroatoms. The van der Waals surface area contributed by atoms with Crippen molar-refractivity contribution in [3.8, 4) is 0 Å². The molecule has 1 aromatic heterocycles. The molecule has 1 aliphatic rings. The number of amides is 1. The molecule has 2 heterocycles. The van der Waals surface area contributed by atoms with E-state index in [1.54, 1.807) is 10.9 Å². The molecule has 2 rings (SSSR count). The highest BCUT2D eigenvalue weighted by Crippen LogP contribution is 2.18. The molecule has 1 fully saturated rings. The molecule has 4 nitrogen and oxygen atoms in total. The number of nitrogens with zero attached hydrogens (tertiary/aromatic N) is 3. The van der Waals surface area contributed by atoms with Crippen LogP contribution in [0, 0.1) is 6.92 Å². The highest BCUT2D eigenvalue weighted by molar-refractivity contribution is 6.21. The van der Waals surface area contributed by atoms with Gasteiger partial charge in [-0.1, -0.05) is 0 Å². The normalized spacial score (nSPS) is 21.2. The summed E-state index contributed by atoms with van der Waals surface area (Å²) in [6.07, 6.45) is 3.62.